The van der Waals surface area contributed by atoms with Gasteiger partial charge in [-0.15, -0.1) is 0 Å². The van der Waals surface area contributed by atoms with E-state index in [0.717, 1.165) is 12.8 Å². The molecule has 0 heterocycles. The molecule has 1 amide bonds. The highest BCUT2D eigenvalue weighted by Gasteiger charge is 2.24. The van der Waals surface area contributed by atoms with E-state index in [-0.39, 0.29) is 12.5 Å². The van der Waals surface area contributed by atoms with Crippen molar-refractivity contribution >= 4 is 13.7 Å². The van der Waals surface area contributed by atoms with Crippen LogP contribution >= 0.6 is 7.82 Å². The van der Waals surface area contributed by atoms with Gasteiger partial charge in [0.1, 0.15) is 5.72 Å². The van der Waals surface area contributed by atoms with Gasteiger partial charge >= 0.3 is 7.82 Å². The van der Waals surface area contributed by atoms with Gasteiger partial charge in [0.15, 0.2) is 0 Å². The molecule has 0 saturated heterocycles. The monoisotopic (exact) mass is 468 g/mol. The van der Waals surface area contributed by atoms with Crippen molar-refractivity contribution in [3.63, 3.8) is 0 Å². The van der Waals surface area contributed by atoms with Gasteiger partial charge in [0.2, 0.25) is 5.91 Å². The molecule has 0 bridgehead atoms. The molecule has 188 valence electrons. The molecule has 31 heavy (non-hydrogen) atoms. The molecule has 0 saturated carbocycles. The Balaban J connectivity index is 0. The summed E-state index contributed by atoms with van der Waals surface area (Å²) in [5, 5.41) is 12.6. The minimum absolute atomic E-state index is 0.0636. The summed E-state index contributed by atoms with van der Waals surface area (Å²) in [6.45, 7) is 4.15. The molecular formula is C22H49N2O6P. The highest BCUT2D eigenvalue weighted by molar-refractivity contribution is 7.45. The molecule has 9 heteroatoms. The molecule has 0 aromatic carbocycles. The number of nitrogens with two attached hydrogens (primary N) is 1. The van der Waals surface area contributed by atoms with Crippen molar-refractivity contribution in [2.75, 3.05) is 6.54 Å². The molecule has 1 unspecified atom stereocenters. The fraction of sp³-hybridized carbons (Fsp3) is 0.955. The molecule has 0 spiro atoms. The van der Waals surface area contributed by atoms with E-state index in [1.165, 1.54) is 83.5 Å². The minimum atomic E-state index is -4.64. The predicted molar refractivity (Wildman–Crippen MR) is 126 cm³/mol. The standard InChI is InChI=1S/C22H46N2O2.H3O4P/c1-3-5-6-7-8-9-10-11-12-13-14-15-16-17-18-19-21(25)24-22(26,4-2)20-23;1-5(2,3)4/h26H,3-20,23H2,1-2H3,(H,24,25);(H3,1,2,3,4). The van der Waals surface area contributed by atoms with Gasteiger partial charge in [-0.05, 0) is 12.8 Å². The van der Waals surface area contributed by atoms with E-state index in [1.807, 2.05) is 6.92 Å². The van der Waals surface area contributed by atoms with Gasteiger partial charge in [0.05, 0.1) is 0 Å². The number of aliphatic hydroxyl groups is 1. The Morgan fingerprint density at radius 3 is 1.39 bits per heavy atom. The van der Waals surface area contributed by atoms with Gasteiger partial charge in [-0.1, -0.05) is 104 Å². The molecule has 0 fully saturated rings. The maximum atomic E-state index is 11.8. The molecule has 0 aromatic heterocycles. The van der Waals surface area contributed by atoms with Gasteiger partial charge in [-0.3, -0.25) is 4.79 Å². The van der Waals surface area contributed by atoms with E-state index < -0.39 is 13.5 Å². The zero-order valence-electron chi connectivity index (χ0n) is 19.9. The summed E-state index contributed by atoms with van der Waals surface area (Å²) < 4.78 is 8.88. The van der Waals surface area contributed by atoms with Gasteiger partial charge in [-0.25, -0.2) is 4.57 Å². The van der Waals surface area contributed by atoms with Gasteiger partial charge in [-0.2, -0.15) is 0 Å². The van der Waals surface area contributed by atoms with E-state index in [9.17, 15) is 9.90 Å². The summed E-state index contributed by atoms with van der Waals surface area (Å²) in [7, 11) is -4.64. The quantitative estimate of drug-likeness (QED) is 0.0927. The van der Waals surface area contributed by atoms with Crippen LogP contribution in [0.15, 0.2) is 0 Å². The highest BCUT2D eigenvalue weighted by Crippen LogP contribution is 2.25. The first-order valence-corrected chi connectivity index (χ1v) is 13.7. The van der Waals surface area contributed by atoms with Crippen molar-refractivity contribution in [2.24, 2.45) is 5.73 Å². The van der Waals surface area contributed by atoms with E-state index >= 15 is 0 Å². The number of unbranched alkanes of at least 4 members (excludes halogenated alkanes) is 14. The first-order valence-electron chi connectivity index (χ1n) is 12.1. The number of hydrogen-bond acceptors (Lipinski definition) is 4. The summed E-state index contributed by atoms with van der Waals surface area (Å²) >= 11 is 0. The number of amides is 1. The van der Waals surface area contributed by atoms with Crippen LogP contribution in [-0.4, -0.2) is 38.0 Å². The third kappa shape index (κ3) is 29.5. The van der Waals surface area contributed by atoms with Crippen molar-refractivity contribution in [3.05, 3.63) is 0 Å². The van der Waals surface area contributed by atoms with Gasteiger partial charge in [0.25, 0.3) is 0 Å². The smallest absolute Gasteiger partial charge is 0.370 e. The SMILES string of the molecule is CCCCCCCCCCCCCCCCCC(=O)NC(O)(CC)CN.O=P(O)(O)O. The number of hydrogen-bond donors (Lipinski definition) is 6. The first kappa shape index (κ1) is 32.7. The molecule has 0 rings (SSSR count). The summed E-state index contributed by atoms with van der Waals surface area (Å²) in [5.74, 6) is -0.0884. The van der Waals surface area contributed by atoms with Crippen molar-refractivity contribution in [2.45, 2.75) is 129 Å². The highest BCUT2D eigenvalue weighted by atomic mass is 31.2. The van der Waals surface area contributed by atoms with Crippen LogP contribution in [0.2, 0.25) is 0 Å². The lowest BCUT2D eigenvalue weighted by Gasteiger charge is -2.26. The minimum Gasteiger partial charge on any atom is -0.370 e. The second kappa shape index (κ2) is 21.4. The Bertz CT molecular complexity index is 447. The zero-order chi connectivity index (χ0) is 24.0. The van der Waals surface area contributed by atoms with E-state index in [0.29, 0.717) is 12.8 Å². The Labute approximate surface area is 189 Å². The first-order chi connectivity index (χ1) is 14.6. The third-order valence-corrected chi connectivity index (χ3v) is 5.30. The largest absolute Gasteiger partial charge is 0.466 e. The lowest BCUT2D eigenvalue weighted by Crippen LogP contribution is -2.53. The predicted octanol–water partition coefficient (Wildman–Crippen LogP) is 4.49. The van der Waals surface area contributed by atoms with Crippen molar-refractivity contribution < 1.29 is 29.1 Å². The number of rotatable bonds is 19. The van der Waals surface area contributed by atoms with Crippen LogP contribution in [-0.2, 0) is 9.36 Å². The van der Waals surface area contributed by atoms with E-state index in [1.54, 1.807) is 0 Å². The topological polar surface area (TPSA) is 153 Å². The van der Waals surface area contributed by atoms with Crippen LogP contribution in [0.1, 0.15) is 123 Å². The molecular weight excluding hydrogens is 419 g/mol. The Morgan fingerprint density at radius 1 is 0.774 bits per heavy atom. The van der Waals surface area contributed by atoms with Crippen LogP contribution in [0.25, 0.3) is 0 Å². The fourth-order valence-corrected chi connectivity index (χ4v) is 3.26. The van der Waals surface area contributed by atoms with Crippen LogP contribution < -0.4 is 11.1 Å². The van der Waals surface area contributed by atoms with Crippen molar-refractivity contribution in [1.29, 1.82) is 0 Å². The summed E-state index contributed by atoms with van der Waals surface area (Å²) in [5.41, 5.74) is 4.26. The molecule has 1 atom stereocenters. The van der Waals surface area contributed by atoms with Crippen LogP contribution in [0.5, 0.6) is 0 Å². The normalized spacial score (nSPS) is 13.3. The number of carbonyl (C=O) groups is 1. The number of carbonyl (C=O) groups excluding carboxylic acids is 1. The molecule has 8 nitrogen and oxygen atoms in total. The number of nitrogens with one attached hydrogen (secondary N) is 1. The fourth-order valence-electron chi connectivity index (χ4n) is 3.26. The maximum Gasteiger partial charge on any atom is 0.466 e. The van der Waals surface area contributed by atoms with Gasteiger partial charge < -0.3 is 30.8 Å². The Hall–Kier alpha value is -0.500. The lowest BCUT2D eigenvalue weighted by molar-refractivity contribution is -0.128. The van der Waals surface area contributed by atoms with Crippen LogP contribution in [0.4, 0.5) is 0 Å². The van der Waals surface area contributed by atoms with E-state index in [4.69, 9.17) is 25.0 Å². The molecule has 0 aromatic rings. The Morgan fingerprint density at radius 2 is 1.10 bits per heavy atom. The van der Waals surface area contributed by atoms with Crippen molar-refractivity contribution in [1.82, 2.24) is 5.32 Å². The second-order valence-electron chi connectivity index (χ2n) is 8.35. The maximum absolute atomic E-state index is 11.8. The molecule has 0 aliphatic rings. The molecule has 0 aliphatic heterocycles. The molecule has 0 radical (unpaired) electrons. The third-order valence-electron chi connectivity index (χ3n) is 5.30. The van der Waals surface area contributed by atoms with Crippen LogP contribution in [0.3, 0.4) is 0 Å². The zero-order valence-corrected chi connectivity index (χ0v) is 20.8. The molecule has 0 aliphatic carbocycles. The van der Waals surface area contributed by atoms with Gasteiger partial charge in [0, 0.05) is 13.0 Å². The average Bonchev–Trinajstić information content (AvgIpc) is 2.69. The second-order valence-corrected chi connectivity index (χ2v) is 9.38. The van der Waals surface area contributed by atoms with Crippen LogP contribution in [0, 0.1) is 0 Å². The Kier molecular flexibility index (Phi) is 22.5. The summed E-state index contributed by atoms with van der Waals surface area (Å²) in [4.78, 5) is 33.3. The summed E-state index contributed by atoms with van der Waals surface area (Å²) in [6.07, 6.45) is 20.7. The van der Waals surface area contributed by atoms with E-state index in [2.05, 4.69) is 12.2 Å². The van der Waals surface area contributed by atoms with Crippen molar-refractivity contribution in [3.8, 4) is 0 Å². The molecule has 7 N–H and O–H groups in total. The number of phosphoric acid groups is 1. The average molecular weight is 469 g/mol. The lowest BCUT2D eigenvalue weighted by atomic mass is 10.0. The summed E-state index contributed by atoms with van der Waals surface area (Å²) in [6, 6.07) is 0.